The van der Waals surface area contributed by atoms with E-state index in [4.69, 9.17) is 15.2 Å². The Morgan fingerprint density at radius 2 is 1.33 bits per heavy atom. The van der Waals surface area contributed by atoms with E-state index in [1.165, 1.54) is 5.56 Å². The highest BCUT2D eigenvalue weighted by Crippen LogP contribution is 2.29. The van der Waals surface area contributed by atoms with Gasteiger partial charge in [0.1, 0.15) is 0 Å². The predicted molar refractivity (Wildman–Crippen MR) is 170 cm³/mol. The van der Waals surface area contributed by atoms with E-state index >= 15 is 0 Å². The summed E-state index contributed by atoms with van der Waals surface area (Å²) in [5.41, 5.74) is 9.72. The fraction of sp³-hybridized carbons (Fsp3) is 0.500. The van der Waals surface area contributed by atoms with E-state index < -0.39 is 23.7 Å². The molecule has 0 aromatic heterocycles. The highest BCUT2D eigenvalue weighted by molar-refractivity contribution is 6.01. The number of ether oxygens (including phenoxy) is 2. The predicted octanol–water partition coefficient (Wildman–Crippen LogP) is 4.28. The van der Waals surface area contributed by atoms with Gasteiger partial charge in [0.15, 0.2) is 0 Å². The molecule has 2 heterocycles. The lowest BCUT2D eigenvalue weighted by atomic mass is 9.95. The Hall–Kier alpha value is -4.09. The maximum atomic E-state index is 12.7. The molecule has 0 bridgehead atoms. The van der Waals surface area contributed by atoms with E-state index in [-0.39, 0.29) is 44.6 Å². The van der Waals surface area contributed by atoms with E-state index in [0.29, 0.717) is 37.3 Å². The molecule has 1 saturated heterocycles. The van der Waals surface area contributed by atoms with Crippen LogP contribution in [0.4, 0.5) is 5.69 Å². The number of nitrogens with two attached hydrogens (primary N) is 1. The third-order valence-electron chi connectivity index (χ3n) is 6.75. The minimum Gasteiger partial charge on any atom is -0.379 e. The van der Waals surface area contributed by atoms with Gasteiger partial charge in [-0.2, -0.15) is 0 Å². The quantitative estimate of drug-likeness (QED) is 0.272. The van der Waals surface area contributed by atoms with Crippen molar-refractivity contribution in [1.29, 1.82) is 0 Å². The maximum absolute atomic E-state index is 12.7. The molecule has 0 spiro atoms. The zero-order valence-electron chi connectivity index (χ0n) is 26.9. The molecule has 45 heavy (non-hydrogen) atoms. The van der Waals surface area contributed by atoms with Crippen molar-refractivity contribution in [3.05, 3.63) is 65.2 Å². The molecule has 0 aliphatic carbocycles. The van der Waals surface area contributed by atoms with Crippen molar-refractivity contribution in [1.82, 2.24) is 5.06 Å². The zero-order chi connectivity index (χ0) is 33.2. The molecule has 246 valence electrons. The Labute approximate surface area is 265 Å². The van der Waals surface area contributed by atoms with Crippen molar-refractivity contribution in [3.8, 4) is 0 Å². The van der Waals surface area contributed by atoms with Gasteiger partial charge in [0, 0.05) is 38.0 Å². The number of carbonyl (C=O) groups excluding carboxylic acids is 5. The van der Waals surface area contributed by atoms with Crippen LogP contribution >= 0.6 is 0 Å². The van der Waals surface area contributed by atoms with Crippen LogP contribution in [0.5, 0.6) is 0 Å². The second-order valence-corrected chi connectivity index (χ2v) is 10.7. The lowest BCUT2D eigenvalue weighted by Crippen LogP contribution is -2.33. The van der Waals surface area contributed by atoms with Crippen LogP contribution in [0.2, 0.25) is 0 Å². The van der Waals surface area contributed by atoms with E-state index in [1.54, 1.807) is 4.90 Å². The van der Waals surface area contributed by atoms with Crippen molar-refractivity contribution < 1.29 is 38.3 Å². The largest absolute Gasteiger partial charge is 0.379 e. The van der Waals surface area contributed by atoms with Crippen LogP contribution < -0.4 is 10.6 Å². The van der Waals surface area contributed by atoms with Crippen molar-refractivity contribution in [2.45, 2.75) is 79.2 Å². The molecule has 2 aromatic rings. The van der Waals surface area contributed by atoms with Gasteiger partial charge in [-0.05, 0) is 41.5 Å². The smallest absolute Gasteiger partial charge is 0.335 e. The van der Waals surface area contributed by atoms with Gasteiger partial charge < -0.3 is 24.9 Å². The molecule has 11 heteroatoms. The number of aryl methyl sites for hydroxylation is 2. The summed E-state index contributed by atoms with van der Waals surface area (Å²) >= 11 is 0. The first kappa shape index (κ1) is 37.1. The first-order chi connectivity index (χ1) is 21.7. The zero-order valence-corrected chi connectivity index (χ0v) is 26.9. The molecule has 11 nitrogen and oxygen atoms in total. The third kappa shape index (κ3) is 12.8. The Morgan fingerprint density at radius 3 is 1.98 bits per heavy atom. The molecule has 1 fully saturated rings. The van der Waals surface area contributed by atoms with Gasteiger partial charge in [-0.3, -0.25) is 19.2 Å². The topological polar surface area (TPSA) is 146 Å². The Balaban J connectivity index is 0.000000300. The van der Waals surface area contributed by atoms with Gasteiger partial charge >= 0.3 is 5.97 Å². The summed E-state index contributed by atoms with van der Waals surface area (Å²) in [6, 6.07) is 16.2. The van der Waals surface area contributed by atoms with Crippen LogP contribution in [-0.4, -0.2) is 61.1 Å². The number of hydroxylamine groups is 2. The summed E-state index contributed by atoms with van der Waals surface area (Å²) in [6.07, 6.45) is 2.26. The van der Waals surface area contributed by atoms with E-state index in [2.05, 4.69) is 36.9 Å². The molecule has 2 aromatic carbocycles. The van der Waals surface area contributed by atoms with E-state index in [9.17, 15) is 24.0 Å². The van der Waals surface area contributed by atoms with Gasteiger partial charge in [0.05, 0.1) is 32.8 Å². The number of anilines is 1. The molecule has 2 aliphatic rings. The van der Waals surface area contributed by atoms with E-state index in [0.717, 1.165) is 29.7 Å². The lowest BCUT2D eigenvalue weighted by molar-refractivity contribution is -0.198. The highest BCUT2D eigenvalue weighted by Gasteiger charge is 2.32. The molecule has 4 rings (SSSR count). The van der Waals surface area contributed by atoms with Crippen LogP contribution in [0, 0.1) is 5.92 Å². The molecule has 0 unspecified atom stereocenters. The Bertz CT molecular complexity index is 1260. The van der Waals surface area contributed by atoms with Gasteiger partial charge in [0.25, 0.3) is 11.8 Å². The summed E-state index contributed by atoms with van der Waals surface area (Å²) in [5, 5.41) is 0.536. The average molecular weight is 626 g/mol. The molecular formula is C34H47N3O8. The van der Waals surface area contributed by atoms with Crippen molar-refractivity contribution in [2.24, 2.45) is 11.7 Å². The number of hydrogen-bond donors (Lipinski definition) is 1. The van der Waals surface area contributed by atoms with E-state index in [1.807, 2.05) is 44.2 Å². The number of hydrogen-bond acceptors (Lipinski definition) is 8. The van der Waals surface area contributed by atoms with Crippen LogP contribution in [-0.2, 0) is 57.7 Å². The summed E-state index contributed by atoms with van der Waals surface area (Å²) in [7, 11) is 0. The first-order valence-corrected chi connectivity index (χ1v) is 15.6. The standard InChI is InChI=1S/C19H20N2O2.C13H21NO6.C2H6/c20-18(22)11-12-19(23)21-13-16-7-2-1-5-14(16)9-10-15-6-3-4-8-17(15)21;1-10(2)9-19-8-7-18-6-5-13(17)20-14-11(15)3-4-12(14)16;1-2/h1-8H,9-13H2,(H2,20,22);10H,3-9H2,1-2H3;1-2H3. The van der Waals surface area contributed by atoms with Crippen molar-refractivity contribution in [2.75, 3.05) is 31.3 Å². The minimum atomic E-state index is -0.656. The third-order valence-corrected chi connectivity index (χ3v) is 6.75. The SMILES string of the molecule is CC.CC(C)COCCOCCC(=O)ON1C(=O)CCC1=O.NC(=O)CCC(=O)N1Cc2ccccc2CCc2ccccc21. The number of fused-ring (bicyclic) bond motifs is 2. The van der Waals surface area contributed by atoms with Crippen LogP contribution in [0.25, 0.3) is 0 Å². The number of primary amides is 1. The average Bonchev–Trinajstić information content (AvgIpc) is 3.33. The second kappa shape index (κ2) is 20.0. The fourth-order valence-electron chi connectivity index (χ4n) is 4.55. The number of carbonyl (C=O) groups is 5. The number of nitrogens with zero attached hydrogens (tertiary/aromatic N) is 2. The molecule has 4 amide bonds. The fourth-order valence-corrected chi connectivity index (χ4v) is 4.55. The van der Waals surface area contributed by atoms with Crippen LogP contribution in [0.3, 0.4) is 0 Å². The molecule has 0 radical (unpaired) electrons. The van der Waals surface area contributed by atoms with Crippen molar-refractivity contribution >= 4 is 35.3 Å². The summed E-state index contributed by atoms with van der Waals surface area (Å²) < 4.78 is 10.5. The number of para-hydroxylation sites is 1. The minimum absolute atomic E-state index is 0.0127. The second-order valence-electron chi connectivity index (χ2n) is 10.7. The van der Waals surface area contributed by atoms with Crippen LogP contribution in [0.1, 0.15) is 76.5 Å². The lowest BCUT2D eigenvalue weighted by Gasteiger charge is -2.28. The van der Waals surface area contributed by atoms with Gasteiger partial charge in [-0.1, -0.05) is 70.2 Å². The monoisotopic (exact) mass is 625 g/mol. The molecule has 2 aliphatic heterocycles. The molecule has 2 N–H and O–H groups in total. The summed E-state index contributed by atoms with van der Waals surface area (Å²) in [6.45, 7) is 10.3. The van der Waals surface area contributed by atoms with Gasteiger partial charge in [0.2, 0.25) is 11.8 Å². The van der Waals surface area contributed by atoms with Gasteiger partial charge in [-0.25, -0.2) is 4.79 Å². The maximum Gasteiger partial charge on any atom is 0.335 e. The summed E-state index contributed by atoms with van der Waals surface area (Å²) in [5.74, 6) is -1.65. The van der Waals surface area contributed by atoms with Crippen molar-refractivity contribution in [3.63, 3.8) is 0 Å². The van der Waals surface area contributed by atoms with Gasteiger partial charge in [-0.15, -0.1) is 5.06 Å². The molecular weight excluding hydrogens is 578 g/mol. The number of imide groups is 1. The summed E-state index contributed by atoms with van der Waals surface area (Å²) in [4.78, 5) is 63.9. The Kier molecular flexibility index (Phi) is 16.5. The number of amides is 4. The Morgan fingerprint density at radius 1 is 0.756 bits per heavy atom. The number of benzene rings is 2. The molecule has 0 saturated carbocycles. The normalized spacial score (nSPS) is 13.8. The number of rotatable bonds is 12. The first-order valence-electron chi connectivity index (χ1n) is 15.6. The highest BCUT2D eigenvalue weighted by atomic mass is 16.7. The molecule has 0 atom stereocenters. The van der Waals surface area contributed by atoms with Crippen LogP contribution in [0.15, 0.2) is 48.5 Å².